The number of carbonyl (C=O) groups is 2. The van der Waals surface area contributed by atoms with Gasteiger partial charge in [0, 0.05) is 22.4 Å². The second-order valence-corrected chi connectivity index (χ2v) is 13.7. The van der Waals surface area contributed by atoms with E-state index in [9.17, 15) is 9.59 Å². The lowest BCUT2D eigenvalue weighted by molar-refractivity contribution is -0.136. The van der Waals surface area contributed by atoms with Gasteiger partial charge in [0.15, 0.2) is 0 Å². The molecular weight excluding hydrogens is 627 g/mol. The summed E-state index contributed by atoms with van der Waals surface area (Å²) in [5, 5.41) is 3.71. The molecule has 0 saturated heterocycles. The van der Waals surface area contributed by atoms with Crippen molar-refractivity contribution < 1.29 is 19.1 Å². The Balaban J connectivity index is 2.37. The summed E-state index contributed by atoms with van der Waals surface area (Å²) in [6.45, 7) is 18.9. The van der Waals surface area contributed by atoms with Gasteiger partial charge >= 0.3 is 12.1 Å². The number of methoxy groups -OCH3 is 1. The van der Waals surface area contributed by atoms with Crippen LogP contribution in [-0.4, -0.2) is 31.0 Å². The molecular formula is C36H44Cl2N2O4S. The monoisotopic (exact) mass is 670 g/mol. The van der Waals surface area contributed by atoms with Crippen LogP contribution in [-0.2, 0) is 20.7 Å². The summed E-state index contributed by atoms with van der Waals surface area (Å²) in [6.07, 6.45) is 8.60. The van der Waals surface area contributed by atoms with Crippen LogP contribution in [0.1, 0.15) is 84.4 Å². The van der Waals surface area contributed by atoms with Gasteiger partial charge in [-0.1, -0.05) is 104 Å². The predicted molar refractivity (Wildman–Crippen MR) is 189 cm³/mol. The molecule has 0 heterocycles. The third-order valence-electron chi connectivity index (χ3n) is 7.08. The number of halogens is 2. The molecule has 9 heteroatoms. The molecule has 0 aromatic heterocycles. The first-order chi connectivity index (χ1) is 21.2. The van der Waals surface area contributed by atoms with E-state index < -0.39 is 17.7 Å². The number of nitrogens with zero attached hydrogens (tertiary/aromatic N) is 1. The number of allylic oxidation sites excluding steroid dienone is 6. The van der Waals surface area contributed by atoms with E-state index in [2.05, 4.69) is 54.4 Å². The summed E-state index contributed by atoms with van der Waals surface area (Å²) in [6, 6.07) is 8.01. The highest BCUT2D eigenvalue weighted by Gasteiger charge is 2.46. The number of benzene rings is 1. The number of rotatable bonds is 12. The minimum absolute atomic E-state index is 0.213. The van der Waals surface area contributed by atoms with Crippen LogP contribution in [0.5, 0.6) is 0 Å². The lowest BCUT2D eigenvalue weighted by Crippen LogP contribution is -2.41. The Kier molecular flexibility index (Phi) is 14.8. The SMILES string of the molecule is C=C(/C=N\C(C#CCCC1(CCC)Cc2ccccc2[C@H]1NC(=O)OC(C)(C)C)=C(/C)C(=O)OC)SC(/C=C\C)=C(\Cl)C(=C)Cl. The molecule has 45 heavy (non-hydrogen) atoms. The van der Waals surface area contributed by atoms with E-state index in [1.807, 2.05) is 45.9 Å². The van der Waals surface area contributed by atoms with Gasteiger partial charge < -0.3 is 14.8 Å². The fourth-order valence-corrected chi connectivity index (χ4v) is 6.35. The van der Waals surface area contributed by atoms with Gasteiger partial charge in [-0.2, -0.15) is 0 Å². The van der Waals surface area contributed by atoms with E-state index >= 15 is 0 Å². The van der Waals surface area contributed by atoms with Crippen LogP contribution in [0.2, 0.25) is 0 Å². The lowest BCUT2D eigenvalue weighted by Gasteiger charge is -2.36. The number of fused-ring (bicyclic) bond motifs is 1. The highest BCUT2D eigenvalue weighted by atomic mass is 35.5. The number of carbonyl (C=O) groups excluding carboxylic acids is 2. The molecule has 0 bridgehead atoms. The van der Waals surface area contributed by atoms with Crippen molar-refractivity contribution in [2.75, 3.05) is 7.11 Å². The molecule has 0 spiro atoms. The molecule has 1 amide bonds. The number of thioether (sulfide) groups is 1. The maximum absolute atomic E-state index is 12.9. The third-order valence-corrected chi connectivity index (χ3v) is 8.84. The molecule has 0 radical (unpaired) electrons. The summed E-state index contributed by atoms with van der Waals surface area (Å²) in [4.78, 5) is 31.1. The van der Waals surface area contributed by atoms with Crippen molar-refractivity contribution >= 4 is 53.2 Å². The Bertz CT molecular complexity index is 1470. The first-order valence-electron chi connectivity index (χ1n) is 14.8. The first kappa shape index (κ1) is 38.0. The third kappa shape index (κ3) is 11.3. The summed E-state index contributed by atoms with van der Waals surface area (Å²) in [5.41, 5.74) is 2.01. The number of amides is 1. The molecule has 242 valence electrons. The van der Waals surface area contributed by atoms with Gasteiger partial charge in [-0.25, -0.2) is 14.6 Å². The molecule has 0 fully saturated rings. The van der Waals surface area contributed by atoms with Crippen LogP contribution >= 0.6 is 35.0 Å². The zero-order chi connectivity index (χ0) is 33.8. The van der Waals surface area contributed by atoms with Crippen molar-refractivity contribution in [1.29, 1.82) is 0 Å². The van der Waals surface area contributed by atoms with Gasteiger partial charge in [0.1, 0.15) is 11.3 Å². The van der Waals surface area contributed by atoms with E-state index in [0.717, 1.165) is 31.2 Å². The Labute approximate surface area is 283 Å². The summed E-state index contributed by atoms with van der Waals surface area (Å²) in [7, 11) is 1.31. The topological polar surface area (TPSA) is 77.0 Å². The summed E-state index contributed by atoms with van der Waals surface area (Å²) >= 11 is 13.6. The molecule has 1 aromatic carbocycles. The van der Waals surface area contributed by atoms with Crippen LogP contribution in [0.3, 0.4) is 0 Å². The zero-order valence-corrected chi connectivity index (χ0v) is 29.6. The van der Waals surface area contributed by atoms with Crippen molar-refractivity contribution in [1.82, 2.24) is 5.32 Å². The van der Waals surface area contributed by atoms with Gasteiger partial charge in [0.25, 0.3) is 0 Å². The average Bonchev–Trinajstić information content (AvgIpc) is 3.26. The Morgan fingerprint density at radius 3 is 2.51 bits per heavy atom. The van der Waals surface area contributed by atoms with Gasteiger partial charge in [0.05, 0.1) is 28.8 Å². The van der Waals surface area contributed by atoms with Crippen LogP contribution in [0.4, 0.5) is 4.79 Å². The molecule has 1 aliphatic carbocycles. The lowest BCUT2D eigenvalue weighted by atomic mass is 9.73. The van der Waals surface area contributed by atoms with Crippen molar-refractivity contribution in [2.45, 2.75) is 85.3 Å². The van der Waals surface area contributed by atoms with E-state index in [1.54, 1.807) is 13.0 Å². The van der Waals surface area contributed by atoms with Crippen LogP contribution < -0.4 is 5.32 Å². The van der Waals surface area contributed by atoms with Gasteiger partial charge in [-0.05, 0) is 76.3 Å². The van der Waals surface area contributed by atoms with Crippen LogP contribution in [0, 0.1) is 17.3 Å². The molecule has 1 N–H and O–H groups in total. The van der Waals surface area contributed by atoms with Crippen molar-refractivity contribution in [3.05, 3.63) is 91.8 Å². The highest BCUT2D eigenvalue weighted by molar-refractivity contribution is 8.07. The molecule has 1 aliphatic rings. The highest BCUT2D eigenvalue weighted by Crippen LogP contribution is 2.51. The number of aliphatic imine (C=N–C) groups is 1. The minimum Gasteiger partial charge on any atom is -0.466 e. The van der Waals surface area contributed by atoms with E-state index in [1.165, 1.54) is 30.6 Å². The molecule has 0 saturated carbocycles. The fourth-order valence-electron chi connectivity index (χ4n) is 5.20. The maximum Gasteiger partial charge on any atom is 0.408 e. The minimum atomic E-state index is -0.610. The van der Waals surface area contributed by atoms with Gasteiger partial charge in [-0.15, -0.1) is 0 Å². The van der Waals surface area contributed by atoms with E-state index in [0.29, 0.717) is 21.3 Å². The van der Waals surface area contributed by atoms with Crippen LogP contribution in [0.15, 0.2) is 85.7 Å². The number of alkyl carbamates (subject to hydrolysis) is 1. The summed E-state index contributed by atoms with van der Waals surface area (Å²) < 4.78 is 10.6. The molecule has 2 rings (SSSR count). The predicted octanol–water partition coefficient (Wildman–Crippen LogP) is 9.92. The largest absolute Gasteiger partial charge is 0.466 e. The average molecular weight is 672 g/mol. The molecule has 6 nitrogen and oxygen atoms in total. The fraction of sp³-hybridized carbons (Fsp3) is 0.417. The van der Waals surface area contributed by atoms with Crippen molar-refractivity contribution in [3.8, 4) is 11.8 Å². The molecule has 1 unspecified atom stereocenters. The number of hydrogen-bond acceptors (Lipinski definition) is 6. The first-order valence-corrected chi connectivity index (χ1v) is 16.4. The second-order valence-electron chi connectivity index (χ2n) is 11.7. The Morgan fingerprint density at radius 1 is 1.22 bits per heavy atom. The van der Waals surface area contributed by atoms with E-state index in [-0.39, 0.29) is 27.8 Å². The van der Waals surface area contributed by atoms with Crippen LogP contribution in [0.25, 0.3) is 0 Å². The van der Waals surface area contributed by atoms with Crippen molar-refractivity contribution in [2.24, 2.45) is 10.4 Å². The number of esters is 1. The molecule has 0 aliphatic heterocycles. The molecule has 1 aromatic rings. The van der Waals surface area contributed by atoms with Gasteiger partial charge in [0.2, 0.25) is 0 Å². The zero-order valence-electron chi connectivity index (χ0n) is 27.3. The van der Waals surface area contributed by atoms with E-state index in [4.69, 9.17) is 32.7 Å². The Morgan fingerprint density at radius 2 is 1.91 bits per heavy atom. The summed E-state index contributed by atoms with van der Waals surface area (Å²) in [5.74, 6) is 5.79. The smallest absolute Gasteiger partial charge is 0.408 e. The second kappa shape index (κ2) is 17.5. The number of nitrogens with one attached hydrogen (secondary N) is 1. The van der Waals surface area contributed by atoms with Crippen molar-refractivity contribution in [3.63, 3.8) is 0 Å². The maximum atomic E-state index is 12.9. The molecule has 2 atom stereocenters. The number of ether oxygens (including phenoxy) is 2. The standard InChI is InChI=1S/C36H44Cl2N2O4S/c1-10-16-30(31(38)26(5)37)45-24(3)23-39-29(25(4)33(41)43-9)19-14-15-21-36(20-11-2)22-27-17-12-13-18-28(27)32(36)40-34(42)44-35(6,7)8/h10,12-13,16-18,23,32H,3,5,11,15,20-22H2,1-2,4,6-9H3,(H,40,42)/b16-10-,29-25+,31-30-,39-23-/t32-,36?/m1/s1. The number of hydrogen-bond donors (Lipinski definition) is 1. The van der Waals surface area contributed by atoms with Gasteiger partial charge in [-0.3, -0.25) is 0 Å². The quantitative estimate of drug-likeness (QED) is 0.0787. The Hall–Kier alpha value is -3.18. The normalized spacial score (nSPS) is 18.8.